The summed E-state index contributed by atoms with van der Waals surface area (Å²) in [6, 6.07) is 5.85. The Balaban J connectivity index is 1.30. The third-order valence-electron chi connectivity index (χ3n) is 8.07. The van der Waals surface area contributed by atoms with Crippen molar-refractivity contribution in [2.24, 2.45) is 18.1 Å². The molecule has 1 amide bonds. The van der Waals surface area contributed by atoms with Gasteiger partial charge in [-0.1, -0.05) is 5.16 Å². The van der Waals surface area contributed by atoms with Gasteiger partial charge in [0.25, 0.3) is 12.0 Å². The standard InChI is InChI=1S/C27H32N6O10S2/c1-27(2)18(24(35)33(27)43-45(38,39)40)11-21(34)23(19-14-44-26(28)29-19)30-42-22(25(36)37)13-41-17-8-9-20-15(10-17)12-32(31(20)3)16-6-4-5-7-16/h8-10,12,14,16,18,22H,4-7,11,13H2,1-3H3,(H3-,28,29,36,37,38,39,40)/p+1/b30-23-/t18-,22+/m1/s1. The number of nitrogens with two attached hydrogens (primary N) is 1. The lowest BCUT2D eigenvalue weighted by molar-refractivity contribution is -0.792. The highest BCUT2D eigenvalue weighted by Crippen LogP contribution is 2.40. The van der Waals surface area contributed by atoms with Crippen LogP contribution >= 0.6 is 11.3 Å². The number of hydroxylamine groups is 2. The van der Waals surface area contributed by atoms with Crippen LogP contribution in [0.4, 0.5) is 5.13 Å². The summed E-state index contributed by atoms with van der Waals surface area (Å²) in [5.41, 5.74) is 5.02. The topological polar surface area (TPSA) is 217 Å². The summed E-state index contributed by atoms with van der Waals surface area (Å²) in [5.74, 6) is -3.68. The first kappa shape index (κ1) is 32.3. The number of nitrogens with zero attached hydrogens (tertiary/aromatic N) is 5. The Labute approximate surface area is 261 Å². The van der Waals surface area contributed by atoms with Gasteiger partial charge in [-0.2, -0.15) is 18.2 Å². The maximum Gasteiger partial charge on any atom is 0.418 e. The van der Waals surface area contributed by atoms with Crippen LogP contribution in [-0.2, 0) is 41.0 Å². The minimum atomic E-state index is -4.98. The lowest BCUT2D eigenvalue weighted by Gasteiger charge is -2.50. The van der Waals surface area contributed by atoms with Crippen LogP contribution in [0.2, 0.25) is 0 Å². The number of β-lactam (4-membered cyclic amide) rings is 1. The lowest BCUT2D eigenvalue weighted by Crippen LogP contribution is -2.68. The van der Waals surface area contributed by atoms with E-state index in [-0.39, 0.29) is 10.8 Å². The highest BCUT2D eigenvalue weighted by atomic mass is 32.3. The lowest BCUT2D eigenvalue weighted by atomic mass is 9.74. The molecule has 5 rings (SSSR count). The van der Waals surface area contributed by atoms with Gasteiger partial charge in [0.05, 0.1) is 23.9 Å². The SMILES string of the molecule is Cn1c2ccc(OC[C@H](O/N=C(\C(=O)C[C@@H]3C(=O)N(OS(=O)(=O)O)C3(C)C)c3csc(N)n3)C(=O)O)cc2c[n+]1C1CCCC1. The number of ether oxygens (including phenoxy) is 1. The molecule has 0 spiro atoms. The van der Waals surface area contributed by atoms with Gasteiger partial charge >= 0.3 is 16.4 Å². The Morgan fingerprint density at radius 3 is 2.60 bits per heavy atom. The van der Waals surface area contributed by atoms with Crippen molar-refractivity contribution in [1.82, 2.24) is 14.7 Å². The number of anilines is 1. The highest BCUT2D eigenvalue weighted by Gasteiger charge is 2.57. The van der Waals surface area contributed by atoms with Gasteiger partial charge in [-0.15, -0.1) is 20.3 Å². The Morgan fingerprint density at radius 2 is 2.00 bits per heavy atom. The van der Waals surface area contributed by atoms with Gasteiger partial charge in [0.2, 0.25) is 6.20 Å². The summed E-state index contributed by atoms with van der Waals surface area (Å²) in [7, 11) is -2.99. The largest absolute Gasteiger partial charge is 0.489 e. The van der Waals surface area contributed by atoms with Crippen LogP contribution in [0, 0.1) is 5.92 Å². The number of amides is 1. The van der Waals surface area contributed by atoms with E-state index in [1.807, 2.05) is 25.4 Å². The molecule has 3 heterocycles. The summed E-state index contributed by atoms with van der Waals surface area (Å²) >= 11 is 0.999. The number of rotatable bonds is 13. The predicted octanol–water partition coefficient (Wildman–Crippen LogP) is 1.80. The second kappa shape index (κ2) is 12.3. The second-order valence-electron chi connectivity index (χ2n) is 11.4. The molecule has 1 saturated carbocycles. The van der Waals surface area contributed by atoms with Gasteiger partial charge < -0.3 is 20.4 Å². The smallest absolute Gasteiger partial charge is 0.418 e. The first-order valence-electron chi connectivity index (χ1n) is 14.0. The normalized spacial score (nSPS) is 19.5. The molecule has 1 aliphatic heterocycles. The average Bonchev–Trinajstić information content (AvgIpc) is 3.72. The molecule has 4 N–H and O–H groups in total. The molecule has 2 aliphatic rings. The van der Waals surface area contributed by atoms with Gasteiger partial charge in [-0.25, -0.2) is 9.78 Å². The molecule has 242 valence electrons. The fraction of sp³-hybridized carbons (Fsp3) is 0.481. The summed E-state index contributed by atoms with van der Waals surface area (Å²) in [4.78, 5) is 47.3. The summed E-state index contributed by atoms with van der Waals surface area (Å²) < 4.78 is 45.6. The molecular weight excluding hydrogens is 632 g/mol. The predicted molar refractivity (Wildman–Crippen MR) is 158 cm³/mol. The van der Waals surface area contributed by atoms with Crippen LogP contribution in [0.1, 0.15) is 57.7 Å². The van der Waals surface area contributed by atoms with E-state index in [2.05, 4.69) is 23.8 Å². The molecule has 2 aromatic heterocycles. The molecule has 1 aromatic carbocycles. The van der Waals surface area contributed by atoms with Crippen molar-refractivity contribution >= 4 is 61.1 Å². The second-order valence-corrected chi connectivity index (χ2v) is 13.3. The number of aromatic nitrogens is 3. The minimum absolute atomic E-state index is 0.00623. The van der Waals surface area contributed by atoms with Gasteiger partial charge in [-0.3, -0.25) is 14.1 Å². The number of carboxylic acids is 1. The number of Topliss-reactive ketones (excluding diaryl/α,β-unsaturated/α-hetero) is 1. The number of fused-ring (bicyclic) bond motifs is 1. The number of benzene rings is 1. The Bertz CT molecular complexity index is 1780. The number of thiazole rings is 1. The number of carbonyl (C=O) groups excluding carboxylic acids is 2. The zero-order chi connectivity index (χ0) is 32.7. The third-order valence-corrected chi connectivity index (χ3v) is 9.08. The zero-order valence-electron chi connectivity index (χ0n) is 24.7. The molecule has 18 heteroatoms. The quantitative estimate of drug-likeness (QED) is 0.0783. The van der Waals surface area contributed by atoms with E-state index in [1.54, 1.807) is 6.07 Å². The molecule has 2 atom stereocenters. The van der Waals surface area contributed by atoms with Crippen LogP contribution < -0.4 is 15.2 Å². The number of ketones is 1. The van der Waals surface area contributed by atoms with Crippen LogP contribution in [0.15, 0.2) is 34.9 Å². The number of carboxylic acid groups (broad SMARTS) is 1. The number of oxime groups is 1. The molecular formula is C27H33N6O10S2+. The van der Waals surface area contributed by atoms with E-state index in [0.29, 0.717) is 16.9 Å². The molecule has 3 aromatic rings. The molecule has 0 bridgehead atoms. The first-order valence-corrected chi connectivity index (χ1v) is 16.3. The van der Waals surface area contributed by atoms with Gasteiger partial charge in [0, 0.05) is 24.6 Å². The molecule has 1 aliphatic carbocycles. The number of aliphatic carboxylic acids is 1. The van der Waals surface area contributed by atoms with E-state index >= 15 is 0 Å². The van der Waals surface area contributed by atoms with Crippen molar-refractivity contribution < 1.29 is 51.0 Å². The van der Waals surface area contributed by atoms with Crippen LogP contribution in [0.5, 0.6) is 5.75 Å². The molecule has 0 radical (unpaired) electrons. The molecule has 16 nitrogen and oxygen atoms in total. The van der Waals surface area contributed by atoms with Crippen molar-refractivity contribution in [3.8, 4) is 5.75 Å². The monoisotopic (exact) mass is 665 g/mol. The Morgan fingerprint density at radius 1 is 1.29 bits per heavy atom. The van der Waals surface area contributed by atoms with Crippen molar-refractivity contribution in [3.63, 3.8) is 0 Å². The van der Waals surface area contributed by atoms with Gasteiger partial charge in [0.15, 0.2) is 22.7 Å². The Kier molecular flexibility index (Phi) is 8.85. The van der Waals surface area contributed by atoms with E-state index < -0.39 is 64.4 Å². The van der Waals surface area contributed by atoms with Crippen LogP contribution in [-0.4, -0.2) is 74.4 Å². The number of aryl methyl sites for hydroxylation is 1. The van der Waals surface area contributed by atoms with E-state index in [9.17, 15) is 27.9 Å². The van der Waals surface area contributed by atoms with Gasteiger partial charge in [0.1, 0.15) is 23.6 Å². The summed E-state index contributed by atoms with van der Waals surface area (Å²) in [6.07, 6.45) is 4.55. The number of hydrogen-bond acceptors (Lipinski definition) is 12. The van der Waals surface area contributed by atoms with Crippen LogP contribution in [0.3, 0.4) is 0 Å². The minimum Gasteiger partial charge on any atom is -0.489 e. The van der Waals surface area contributed by atoms with Crippen molar-refractivity contribution in [2.45, 2.75) is 63.6 Å². The third kappa shape index (κ3) is 6.77. The average molecular weight is 666 g/mol. The van der Waals surface area contributed by atoms with Crippen LogP contribution in [0.25, 0.3) is 10.9 Å². The molecule has 2 fully saturated rings. The Hall–Kier alpha value is -4.13. The van der Waals surface area contributed by atoms with E-state index in [4.69, 9.17) is 19.9 Å². The number of carbonyl (C=O) groups is 3. The number of hydrogen-bond donors (Lipinski definition) is 3. The maximum absolute atomic E-state index is 13.3. The van der Waals surface area contributed by atoms with Gasteiger partial charge in [-0.05, 0) is 44.9 Å². The van der Waals surface area contributed by atoms with Crippen molar-refractivity contribution in [2.75, 3.05) is 12.3 Å². The number of nitrogen functional groups attached to an aromatic ring is 1. The molecule has 1 saturated heterocycles. The van der Waals surface area contributed by atoms with E-state index in [0.717, 1.165) is 35.1 Å². The summed E-state index contributed by atoms with van der Waals surface area (Å²) in [5, 5.41) is 16.5. The fourth-order valence-electron chi connectivity index (χ4n) is 5.61. The molecule has 0 unspecified atom stereocenters. The maximum atomic E-state index is 13.3. The first-order chi connectivity index (χ1) is 21.2. The fourth-order valence-corrected chi connectivity index (χ4v) is 6.62. The zero-order valence-corrected chi connectivity index (χ0v) is 26.3. The van der Waals surface area contributed by atoms with E-state index in [1.165, 1.54) is 32.1 Å². The molecule has 45 heavy (non-hydrogen) atoms. The van der Waals surface area contributed by atoms with Crippen molar-refractivity contribution in [3.05, 3.63) is 35.5 Å². The van der Waals surface area contributed by atoms with Crippen molar-refractivity contribution in [1.29, 1.82) is 0 Å². The highest BCUT2D eigenvalue weighted by molar-refractivity contribution is 7.80. The summed E-state index contributed by atoms with van der Waals surface area (Å²) in [6.45, 7) is 2.42.